The fraction of sp³-hybridized carbons (Fsp3) is 0.0476. The van der Waals surface area contributed by atoms with Crippen molar-refractivity contribution in [3.05, 3.63) is 142 Å². The number of aromatic nitrogens is 10. The number of imidazole rings is 4. The van der Waals surface area contributed by atoms with Crippen molar-refractivity contribution in [1.82, 2.24) is 48.7 Å². The third kappa shape index (κ3) is 6.68. The second-order valence-corrected chi connectivity index (χ2v) is 19.9. The number of methoxy groups -OCH3 is 2. The number of H-pyrrole nitrogens is 4. The minimum atomic E-state index is -0.546. The van der Waals surface area contributed by atoms with Crippen LogP contribution in [0.3, 0.4) is 0 Å². The molecule has 10 rings (SSSR count). The van der Waals surface area contributed by atoms with Gasteiger partial charge in [0.05, 0.1) is 0 Å². The van der Waals surface area contributed by atoms with Crippen molar-refractivity contribution < 1.29 is 19.1 Å². The zero-order chi connectivity index (χ0) is 42.5. The molecule has 0 spiro atoms. The van der Waals surface area contributed by atoms with Gasteiger partial charge in [0.25, 0.3) is 0 Å². The molecule has 0 aliphatic carbocycles. The van der Waals surface area contributed by atoms with Gasteiger partial charge in [0.1, 0.15) is 0 Å². The monoisotopic (exact) mass is 958 g/mol. The summed E-state index contributed by atoms with van der Waals surface area (Å²) >= 11 is -0.312. The number of hydrogen-bond acceptors (Lipinski definition) is 12. The molecule has 62 heavy (non-hydrogen) atoms. The van der Waals surface area contributed by atoms with Crippen LogP contribution in [0, 0.1) is 0 Å². The Kier molecular flexibility index (Phi) is 9.73. The van der Waals surface area contributed by atoms with Gasteiger partial charge in [-0.15, -0.1) is 0 Å². The maximum atomic E-state index is 13.4. The molecule has 0 radical (unpaired) electrons. The Labute approximate surface area is 359 Å². The van der Waals surface area contributed by atoms with Crippen LogP contribution in [0.4, 0.5) is 23.0 Å². The zero-order valence-corrected chi connectivity index (χ0v) is 35.8. The van der Waals surface area contributed by atoms with Crippen LogP contribution in [-0.2, 0) is 9.47 Å². The van der Waals surface area contributed by atoms with Gasteiger partial charge in [-0.1, -0.05) is 0 Å². The molecule has 0 aliphatic rings. The quantitative estimate of drug-likeness (QED) is 0.0804. The number of benzene rings is 4. The van der Waals surface area contributed by atoms with E-state index in [2.05, 4.69) is 40.5 Å². The maximum absolute atomic E-state index is 13.4. The van der Waals surface area contributed by atoms with E-state index in [-0.39, 0.29) is 48.9 Å². The zero-order valence-electron chi connectivity index (χ0n) is 32.3. The number of carbonyl (C=O) groups excluding carboxylic acids is 2. The normalized spacial score (nSPS) is 11.5. The van der Waals surface area contributed by atoms with Gasteiger partial charge in [-0.25, -0.2) is 0 Å². The predicted molar refractivity (Wildman–Crippen MR) is 235 cm³/mol. The topological polar surface area (TPSA) is 234 Å². The second kappa shape index (κ2) is 15.7. The third-order valence-corrected chi connectivity index (χ3v) is 17.1. The summed E-state index contributed by atoms with van der Waals surface area (Å²) in [6.07, 6.45) is 2.88. The molecular formula is C42H30N12O6Se2. The number of esters is 2. The average molecular weight is 957 g/mol. The number of aromatic amines is 4. The molecule has 10 aromatic rings. The van der Waals surface area contributed by atoms with Crippen molar-refractivity contribution in [3.8, 4) is 22.5 Å². The third-order valence-electron chi connectivity index (χ3n) is 9.95. The number of anilines is 4. The van der Waals surface area contributed by atoms with E-state index in [1.54, 1.807) is 8.80 Å². The van der Waals surface area contributed by atoms with E-state index >= 15 is 0 Å². The van der Waals surface area contributed by atoms with Crippen LogP contribution in [0.5, 0.6) is 0 Å². The van der Waals surface area contributed by atoms with Gasteiger partial charge in [0.15, 0.2) is 0 Å². The van der Waals surface area contributed by atoms with E-state index in [0.29, 0.717) is 56.8 Å². The number of nitrogens with one attached hydrogen (secondary N) is 6. The van der Waals surface area contributed by atoms with Crippen LogP contribution >= 0.6 is 0 Å². The Morgan fingerprint density at radius 2 is 1.02 bits per heavy atom. The molecule has 0 saturated heterocycles. The first-order valence-corrected chi connectivity index (χ1v) is 24.7. The molecule has 0 fully saturated rings. The van der Waals surface area contributed by atoms with Gasteiger partial charge < -0.3 is 0 Å². The predicted octanol–water partition coefficient (Wildman–Crippen LogP) is 3.78. The van der Waals surface area contributed by atoms with E-state index < -0.39 is 23.1 Å². The van der Waals surface area contributed by atoms with Crippen LogP contribution in [0.15, 0.2) is 119 Å². The summed E-state index contributed by atoms with van der Waals surface area (Å²) in [4.78, 5) is 82.1. The number of nitrogens with zero attached hydrogens (tertiary/aromatic N) is 6. The van der Waals surface area contributed by atoms with Crippen molar-refractivity contribution in [2.45, 2.75) is 0 Å². The van der Waals surface area contributed by atoms with E-state index in [0.717, 1.165) is 20.1 Å². The van der Waals surface area contributed by atoms with Crippen LogP contribution in [0.25, 0.3) is 56.4 Å². The summed E-state index contributed by atoms with van der Waals surface area (Å²) in [5.74, 6) is 0.463. The van der Waals surface area contributed by atoms with Gasteiger partial charge in [-0.3, -0.25) is 0 Å². The molecule has 4 aromatic carbocycles. The number of fused-ring (bicyclic) bond motifs is 6. The first kappa shape index (κ1) is 38.4. The first-order valence-electron chi connectivity index (χ1n) is 18.7. The summed E-state index contributed by atoms with van der Waals surface area (Å²) in [7, 11) is 2.65. The Morgan fingerprint density at radius 3 is 1.42 bits per heavy atom. The molecule has 0 atom stereocenters. The molecule has 0 unspecified atom stereocenters. The Morgan fingerprint density at radius 1 is 0.597 bits per heavy atom. The van der Waals surface area contributed by atoms with Gasteiger partial charge in [0.2, 0.25) is 0 Å². The van der Waals surface area contributed by atoms with Crippen molar-refractivity contribution in [1.29, 1.82) is 0 Å². The molecule has 0 aliphatic heterocycles. The van der Waals surface area contributed by atoms with Gasteiger partial charge in [-0.2, -0.15) is 0 Å². The molecule has 6 heterocycles. The number of hydrogen-bond donors (Lipinski definition) is 6. The number of ether oxygens (including phenoxy) is 2. The van der Waals surface area contributed by atoms with Crippen molar-refractivity contribution >= 4 is 104 Å². The Balaban J connectivity index is 0.982. The van der Waals surface area contributed by atoms with Crippen molar-refractivity contribution in [3.63, 3.8) is 0 Å². The van der Waals surface area contributed by atoms with E-state index in [4.69, 9.17) is 19.4 Å². The van der Waals surface area contributed by atoms with E-state index in [9.17, 15) is 19.2 Å². The van der Waals surface area contributed by atoms with Gasteiger partial charge in [-0.05, 0) is 0 Å². The molecule has 20 heteroatoms. The van der Waals surface area contributed by atoms with Crippen LogP contribution in [0.2, 0.25) is 0 Å². The fourth-order valence-corrected chi connectivity index (χ4v) is 13.1. The molecule has 0 amide bonds. The minimum absolute atomic E-state index is 0.156. The van der Waals surface area contributed by atoms with Crippen LogP contribution in [-0.4, -0.2) is 101 Å². The molecule has 6 aromatic heterocycles. The van der Waals surface area contributed by atoms with Crippen LogP contribution in [0.1, 0.15) is 20.7 Å². The summed E-state index contributed by atoms with van der Waals surface area (Å²) in [6, 6.07) is 30.1. The SMILES string of the molecule is COC(=O)c1cc([Se][Se]c2ccc(Nc3c(-c4ccccc4)nc4[nH]c(=O)c5nc[nH]c5n34)c(C(=O)OC)c2)ccc1Nc1c(-c2ccccc2)nc2[nH]c(=O)c3nc[nH]c3n12. The summed E-state index contributed by atoms with van der Waals surface area (Å²) in [5.41, 5.74) is 4.63. The molecular weight excluding hydrogens is 926 g/mol. The van der Waals surface area contributed by atoms with Crippen molar-refractivity contribution in [2.24, 2.45) is 0 Å². The second-order valence-electron chi connectivity index (χ2n) is 13.6. The molecule has 6 N–H and O–H groups in total. The fourth-order valence-electron chi connectivity index (χ4n) is 7.12. The molecule has 0 bridgehead atoms. The molecule has 306 valence electrons. The Hall–Kier alpha value is -7.76. The molecule has 0 saturated carbocycles. The summed E-state index contributed by atoms with van der Waals surface area (Å²) < 4.78 is 15.8. The molecule has 18 nitrogen and oxygen atoms in total. The standard InChI is InChI=1S/C42H30N12O6Se2/c1-59-39(57)25-17-23(13-15-27(25)47-35-29(21-9-5-3-6-10-21)49-41-51-37(55)31-33(53(35)41)45-19-43-31)61-62-24-14-16-28(26(18-24)40(58)60-2)48-36-30(22-11-7-4-8-12-22)50-42-52-38(56)32-34(54(36)42)46-20-44-32/h3-20,47-48H,1-2H3,(H,43,45)(H,44,46)(H,49,51,55)(H,50,52,56). The Bertz CT molecular complexity index is 3270. The average Bonchev–Trinajstić information content (AvgIpc) is 4.13. The van der Waals surface area contributed by atoms with Gasteiger partial charge >= 0.3 is 361 Å². The summed E-state index contributed by atoms with van der Waals surface area (Å²) in [6.45, 7) is 0. The van der Waals surface area contributed by atoms with E-state index in [1.165, 1.54) is 26.9 Å². The van der Waals surface area contributed by atoms with Crippen LogP contribution < -0.4 is 30.7 Å². The number of carbonyl (C=O) groups is 2. The first-order chi connectivity index (χ1) is 30.3. The van der Waals surface area contributed by atoms with E-state index in [1.807, 2.05) is 97.1 Å². The summed E-state index contributed by atoms with van der Waals surface area (Å²) in [5, 5.41) is 6.84. The van der Waals surface area contributed by atoms with Crippen molar-refractivity contribution in [2.75, 3.05) is 24.9 Å². The number of rotatable bonds is 11. The van der Waals surface area contributed by atoms with Gasteiger partial charge in [0, 0.05) is 0 Å².